The summed E-state index contributed by atoms with van der Waals surface area (Å²) < 4.78 is 5.59. The summed E-state index contributed by atoms with van der Waals surface area (Å²) in [6.45, 7) is -0.159. The number of carbonyl (C=O) groups excluding carboxylic acids is 2. The summed E-state index contributed by atoms with van der Waals surface area (Å²) in [5, 5.41) is 0. The smallest absolute Gasteiger partial charge is 0.312 e. The maximum Gasteiger partial charge on any atom is 0.312 e. The summed E-state index contributed by atoms with van der Waals surface area (Å²) in [6.07, 6.45) is 12.2. The van der Waals surface area contributed by atoms with Gasteiger partial charge in [-0.05, 0) is 74.7 Å². The SMILES string of the molecule is O=C(COC(=O)C12C[C@@H]3C[C@@H](CC(Cl)(C3)C1)C2)c1ccc(C2CCCCC2)cc1. The zero-order valence-electron chi connectivity index (χ0n) is 17.1. The van der Waals surface area contributed by atoms with E-state index in [0.717, 1.165) is 32.1 Å². The monoisotopic (exact) mass is 414 g/mol. The van der Waals surface area contributed by atoms with Gasteiger partial charge in [0.1, 0.15) is 0 Å². The van der Waals surface area contributed by atoms with E-state index >= 15 is 0 Å². The van der Waals surface area contributed by atoms with Crippen LogP contribution < -0.4 is 0 Å². The predicted octanol–water partition coefficient (Wildman–Crippen LogP) is 6.04. The summed E-state index contributed by atoms with van der Waals surface area (Å²) in [5.74, 6) is 1.42. The van der Waals surface area contributed by atoms with Crippen LogP contribution in [0.3, 0.4) is 0 Å². The lowest BCUT2D eigenvalue weighted by molar-refractivity contribution is -0.168. The number of Topliss-reactive ketones (excluding diaryl/α,β-unsaturated/α-hetero) is 1. The van der Waals surface area contributed by atoms with E-state index in [-0.39, 0.29) is 23.2 Å². The standard InChI is InChI=1S/C25H31ClO3/c26-25-13-17-10-18(14-25)12-24(11-17,16-25)23(28)29-15-22(27)21-8-6-20(7-9-21)19-4-2-1-3-5-19/h6-9,17-19H,1-5,10-16H2/t17-,18+,24?,25?. The van der Waals surface area contributed by atoms with Crippen LogP contribution in [0, 0.1) is 17.3 Å². The molecular weight excluding hydrogens is 384 g/mol. The largest absolute Gasteiger partial charge is 0.457 e. The molecule has 2 unspecified atom stereocenters. The molecule has 29 heavy (non-hydrogen) atoms. The molecule has 4 bridgehead atoms. The van der Waals surface area contributed by atoms with Gasteiger partial charge in [-0.2, -0.15) is 0 Å². The Labute approximate surface area is 178 Å². The molecule has 0 saturated heterocycles. The van der Waals surface area contributed by atoms with Crippen LogP contribution in [-0.2, 0) is 9.53 Å². The van der Waals surface area contributed by atoms with E-state index in [4.69, 9.17) is 16.3 Å². The fourth-order valence-electron chi connectivity index (χ4n) is 7.13. The third kappa shape index (κ3) is 3.76. The van der Waals surface area contributed by atoms with Crippen molar-refractivity contribution in [2.75, 3.05) is 6.61 Å². The molecule has 156 valence electrons. The average molecular weight is 415 g/mol. The Balaban J connectivity index is 1.20. The third-order valence-electron chi connectivity index (χ3n) is 8.07. The number of ketones is 1. The Morgan fingerprint density at radius 3 is 2.24 bits per heavy atom. The highest BCUT2D eigenvalue weighted by Gasteiger charge is 2.60. The van der Waals surface area contributed by atoms with Crippen LogP contribution in [0.15, 0.2) is 24.3 Å². The highest BCUT2D eigenvalue weighted by Crippen LogP contribution is 2.64. The minimum Gasteiger partial charge on any atom is -0.457 e. The van der Waals surface area contributed by atoms with Gasteiger partial charge in [-0.25, -0.2) is 0 Å². The van der Waals surface area contributed by atoms with Crippen molar-refractivity contribution in [1.29, 1.82) is 0 Å². The third-order valence-corrected chi connectivity index (χ3v) is 8.51. The molecule has 5 aliphatic carbocycles. The molecule has 0 spiro atoms. The van der Waals surface area contributed by atoms with E-state index in [2.05, 4.69) is 12.1 Å². The molecule has 6 rings (SSSR count). The molecular formula is C25H31ClO3. The first-order valence-corrected chi connectivity index (χ1v) is 11.8. The number of hydrogen-bond acceptors (Lipinski definition) is 3. The van der Waals surface area contributed by atoms with E-state index in [0.29, 0.717) is 23.3 Å². The van der Waals surface area contributed by atoms with Gasteiger partial charge >= 0.3 is 5.97 Å². The number of benzene rings is 1. The van der Waals surface area contributed by atoms with E-state index in [1.807, 2.05) is 12.1 Å². The molecule has 0 aliphatic heterocycles. The molecule has 4 atom stereocenters. The summed E-state index contributed by atoms with van der Waals surface area (Å²) >= 11 is 6.83. The molecule has 5 aliphatic rings. The molecule has 0 heterocycles. The lowest BCUT2D eigenvalue weighted by Crippen LogP contribution is -2.56. The lowest BCUT2D eigenvalue weighted by Gasteiger charge is -2.58. The summed E-state index contributed by atoms with van der Waals surface area (Å²) in [4.78, 5) is 25.4. The molecule has 1 aromatic carbocycles. The first kappa shape index (κ1) is 19.6. The molecule has 3 nitrogen and oxygen atoms in total. The normalized spacial score (nSPS) is 36.2. The fourth-order valence-corrected chi connectivity index (χ4v) is 7.83. The van der Waals surface area contributed by atoms with Crippen LogP contribution in [-0.4, -0.2) is 23.2 Å². The number of esters is 1. The molecule has 5 fully saturated rings. The molecule has 5 saturated carbocycles. The van der Waals surface area contributed by atoms with E-state index in [9.17, 15) is 9.59 Å². The van der Waals surface area contributed by atoms with Crippen LogP contribution >= 0.6 is 11.6 Å². The van der Waals surface area contributed by atoms with Crippen LogP contribution in [0.1, 0.15) is 92.5 Å². The van der Waals surface area contributed by atoms with Crippen LogP contribution in [0.2, 0.25) is 0 Å². The van der Waals surface area contributed by atoms with Crippen LogP contribution in [0.4, 0.5) is 0 Å². The van der Waals surface area contributed by atoms with Gasteiger partial charge in [0, 0.05) is 10.4 Å². The van der Waals surface area contributed by atoms with Crippen molar-refractivity contribution in [1.82, 2.24) is 0 Å². The minimum absolute atomic E-state index is 0.112. The molecule has 0 N–H and O–H groups in total. The Bertz CT molecular complexity index is 779. The van der Waals surface area contributed by atoms with E-state index in [1.54, 1.807) is 0 Å². The number of hydrogen-bond donors (Lipinski definition) is 0. The van der Waals surface area contributed by atoms with Crippen molar-refractivity contribution < 1.29 is 14.3 Å². The number of alkyl halides is 1. The minimum atomic E-state index is -0.447. The highest BCUT2D eigenvalue weighted by molar-refractivity contribution is 6.24. The quantitative estimate of drug-likeness (QED) is 0.335. The first-order chi connectivity index (χ1) is 13.9. The number of halogens is 1. The molecule has 1 aromatic rings. The van der Waals surface area contributed by atoms with Crippen molar-refractivity contribution in [2.24, 2.45) is 17.3 Å². The first-order valence-electron chi connectivity index (χ1n) is 11.4. The van der Waals surface area contributed by atoms with Crippen LogP contribution in [0.25, 0.3) is 0 Å². The second kappa shape index (κ2) is 7.41. The maximum absolute atomic E-state index is 13.0. The van der Waals surface area contributed by atoms with Crippen molar-refractivity contribution in [3.63, 3.8) is 0 Å². The van der Waals surface area contributed by atoms with Crippen LogP contribution in [0.5, 0.6) is 0 Å². The van der Waals surface area contributed by atoms with E-state index < -0.39 is 5.41 Å². The fraction of sp³-hybridized carbons (Fsp3) is 0.680. The molecule has 0 radical (unpaired) electrons. The van der Waals surface area contributed by atoms with Gasteiger partial charge in [-0.1, -0.05) is 43.5 Å². The summed E-state index contributed by atoms with van der Waals surface area (Å²) in [7, 11) is 0. The van der Waals surface area contributed by atoms with Crippen molar-refractivity contribution in [3.8, 4) is 0 Å². The predicted molar refractivity (Wildman–Crippen MR) is 113 cm³/mol. The Morgan fingerprint density at radius 1 is 0.966 bits per heavy atom. The Hall–Kier alpha value is -1.35. The van der Waals surface area contributed by atoms with Gasteiger partial charge < -0.3 is 4.74 Å². The summed E-state index contributed by atoms with van der Waals surface area (Å²) in [5.41, 5.74) is 1.52. The molecule has 4 heteroatoms. The van der Waals surface area contributed by atoms with E-state index in [1.165, 1.54) is 44.1 Å². The van der Waals surface area contributed by atoms with Crippen molar-refractivity contribution in [2.45, 2.75) is 81.4 Å². The molecule has 0 amide bonds. The average Bonchev–Trinajstić information content (AvgIpc) is 2.70. The number of ether oxygens (including phenoxy) is 1. The van der Waals surface area contributed by atoms with Crippen molar-refractivity contribution in [3.05, 3.63) is 35.4 Å². The second-order valence-corrected chi connectivity index (χ2v) is 11.2. The zero-order chi connectivity index (χ0) is 20.1. The van der Waals surface area contributed by atoms with Gasteiger partial charge in [0.05, 0.1) is 5.41 Å². The number of rotatable bonds is 5. The van der Waals surface area contributed by atoms with Gasteiger partial charge in [0.15, 0.2) is 12.4 Å². The Kier molecular flexibility index (Phi) is 5.01. The van der Waals surface area contributed by atoms with Gasteiger partial charge in [-0.15, -0.1) is 11.6 Å². The van der Waals surface area contributed by atoms with Crippen molar-refractivity contribution >= 4 is 23.4 Å². The number of carbonyl (C=O) groups is 2. The second-order valence-electron chi connectivity index (χ2n) is 10.3. The summed E-state index contributed by atoms with van der Waals surface area (Å²) in [6, 6.07) is 7.97. The van der Waals surface area contributed by atoms with Gasteiger partial charge in [0.25, 0.3) is 0 Å². The maximum atomic E-state index is 13.0. The topological polar surface area (TPSA) is 43.4 Å². The Morgan fingerprint density at radius 2 is 1.62 bits per heavy atom. The molecule has 0 aromatic heterocycles. The lowest BCUT2D eigenvalue weighted by atomic mass is 9.49. The van der Waals surface area contributed by atoms with Gasteiger partial charge in [-0.3, -0.25) is 9.59 Å². The zero-order valence-corrected chi connectivity index (χ0v) is 17.9. The highest BCUT2D eigenvalue weighted by atomic mass is 35.5. The van der Waals surface area contributed by atoms with Gasteiger partial charge in [0.2, 0.25) is 0 Å².